The highest BCUT2D eigenvalue weighted by molar-refractivity contribution is 5.16. The van der Waals surface area contributed by atoms with Crippen molar-refractivity contribution in [3.63, 3.8) is 0 Å². The van der Waals surface area contributed by atoms with Gasteiger partial charge >= 0.3 is 0 Å². The molecule has 0 amide bonds. The molecule has 0 aromatic carbocycles. The second-order valence-corrected chi connectivity index (χ2v) is 7.09. The van der Waals surface area contributed by atoms with Crippen LogP contribution in [0.5, 0.6) is 0 Å². The number of aromatic nitrogens is 2. The molecule has 5 nitrogen and oxygen atoms in total. The summed E-state index contributed by atoms with van der Waals surface area (Å²) in [5, 5.41) is 3.73. The number of likely N-dealkylation sites (N-methyl/N-ethyl adjacent to an activating group) is 2. The Labute approximate surface area is 134 Å². The van der Waals surface area contributed by atoms with E-state index in [9.17, 15) is 0 Å². The van der Waals surface area contributed by atoms with Gasteiger partial charge in [0.1, 0.15) is 0 Å². The van der Waals surface area contributed by atoms with Crippen LogP contribution in [-0.2, 0) is 19.4 Å². The third-order valence-electron chi connectivity index (χ3n) is 5.41. The molecule has 2 aliphatic rings. The number of hydrogen-bond donors (Lipinski definition) is 1. The third kappa shape index (κ3) is 3.53. The van der Waals surface area contributed by atoms with Crippen molar-refractivity contribution in [1.29, 1.82) is 0 Å². The lowest BCUT2D eigenvalue weighted by atomic mass is 10.0. The molecule has 1 saturated heterocycles. The van der Waals surface area contributed by atoms with Crippen molar-refractivity contribution in [2.24, 2.45) is 0 Å². The lowest BCUT2D eigenvalue weighted by Gasteiger charge is -2.41. The number of rotatable bonds is 5. The maximum atomic E-state index is 4.59. The molecule has 1 aromatic heterocycles. The van der Waals surface area contributed by atoms with E-state index in [1.54, 1.807) is 0 Å². The maximum absolute atomic E-state index is 4.59. The van der Waals surface area contributed by atoms with Gasteiger partial charge in [-0.15, -0.1) is 0 Å². The van der Waals surface area contributed by atoms with Gasteiger partial charge in [0.25, 0.3) is 0 Å². The van der Waals surface area contributed by atoms with Crippen LogP contribution in [0.25, 0.3) is 0 Å². The SMILES string of the molecule is CC(NCCn1cnc2c1CCCC2)C1CN(C)CCN1C. The number of fused-ring (bicyclic) bond motifs is 1. The Kier molecular flexibility index (Phi) is 5.16. The van der Waals surface area contributed by atoms with Crippen LogP contribution in [-0.4, -0.2) is 71.7 Å². The molecule has 124 valence electrons. The quantitative estimate of drug-likeness (QED) is 0.880. The highest BCUT2D eigenvalue weighted by Gasteiger charge is 2.26. The minimum Gasteiger partial charge on any atom is -0.333 e. The summed E-state index contributed by atoms with van der Waals surface area (Å²) in [7, 11) is 4.48. The van der Waals surface area contributed by atoms with Gasteiger partial charge in [0.2, 0.25) is 0 Å². The van der Waals surface area contributed by atoms with Gasteiger partial charge in [0.15, 0.2) is 0 Å². The van der Waals surface area contributed by atoms with Crippen LogP contribution in [0.3, 0.4) is 0 Å². The van der Waals surface area contributed by atoms with Gasteiger partial charge in [-0.3, -0.25) is 4.90 Å². The average Bonchev–Trinajstić information content (AvgIpc) is 2.93. The standard InChI is InChI=1S/C17H31N5/c1-14(17-12-20(2)10-11-21(17)3)18-8-9-22-13-19-15-6-4-5-7-16(15)22/h13-14,17-18H,4-12H2,1-3H3. The molecule has 2 heterocycles. The first-order chi connectivity index (χ1) is 10.6. The fraction of sp³-hybridized carbons (Fsp3) is 0.824. The molecule has 2 unspecified atom stereocenters. The van der Waals surface area contributed by atoms with Crippen LogP contribution in [0, 0.1) is 0 Å². The number of aryl methyl sites for hydroxylation is 1. The number of hydrogen-bond acceptors (Lipinski definition) is 4. The lowest BCUT2D eigenvalue weighted by molar-refractivity contribution is 0.0919. The van der Waals surface area contributed by atoms with Crippen LogP contribution in [0.2, 0.25) is 0 Å². The van der Waals surface area contributed by atoms with Gasteiger partial charge in [-0.1, -0.05) is 0 Å². The van der Waals surface area contributed by atoms with Crippen molar-refractivity contribution in [1.82, 2.24) is 24.7 Å². The molecule has 0 bridgehead atoms. The summed E-state index contributed by atoms with van der Waals surface area (Å²) in [6.07, 6.45) is 7.05. The van der Waals surface area contributed by atoms with Crippen molar-refractivity contribution in [2.75, 3.05) is 40.3 Å². The number of piperazine rings is 1. The molecule has 3 rings (SSSR count). The Morgan fingerprint density at radius 3 is 2.95 bits per heavy atom. The molecule has 2 atom stereocenters. The Hall–Kier alpha value is -0.910. The second kappa shape index (κ2) is 7.11. The summed E-state index contributed by atoms with van der Waals surface area (Å²) >= 11 is 0. The van der Waals surface area contributed by atoms with E-state index in [0.29, 0.717) is 12.1 Å². The van der Waals surface area contributed by atoms with Crippen LogP contribution in [0.1, 0.15) is 31.2 Å². The first-order valence-electron chi connectivity index (χ1n) is 8.80. The zero-order valence-corrected chi connectivity index (χ0v) is 14.4. The molecule has 1 aromatic rings. The van der Waals surface area contributed by atoms with E-state index in [4.69, 9.17) is 0 Å². The number of nitrogens with zero attached hydrogens (tertiary/aromatic N) is 4. The first kappa shape index (κ1) is 16.0. The topological polar surface area (TPSA) is 36.3 Å². The Bertz CT molecular complexity index is 483. The Morgan fingerprint density at radius 2 is 2.09 bits per heavy atom. The Balaban J connectivity index is 1.49. The summed E-state index contributed by atoms with van der Waals surface area (Å²) in [5.41, 5.74) is 2.82. The molecular formula is C17H31N5. The van der Waals surface area contributed by atoms with E-state index in [2.05, 4.69) is 45.7 Å². The molecule has 1 fully saturated rings. The molecule has 0 spiro atoms. The monoisotopic (exact) mass is 305 g/mol. The summed E-state index contributed by atoms with van der Waals surface area (Å²) < 4.78 is 2.37. The van der Waals surface area contributed by atoms with Crippen LogP contribution < -0.4 is 5.32 Å². The lowest BCUT2D eigenvalue weighted by Crippen LogP contribution is -2.57. The van der Waals surface area contributed by atoms with Gasteiger partial charge in [0.05, 0.1) is 12.0 Å². The van der Waals surface area contributed by atoms with Crippen molar-refractivity contribution in [2.45, 2.75) is 51.2 Å². The molecule has 22 heavy (non-hydrogen) atoms. The van der Waals surface area contributed by atoms with E-state index in [-0.39, 0.29) is 0 Å². The van der Waals surface area contributed by atoms with Crippen molar-refractivity contribution < 1.29 is 0 Å². The third-order valence-corrected chi connectivity index (χ3v) is 5.41. The molecule has 0 saturated carbocycles. The van der Waals surface area contributed by atoms with E-state index in [1.807, 2.05) is 6.33 Å². The highest BCUT2D eigenvalue weighted by atomic mass is 15.3. The smallest absolute Gasteiger partial charge is 0.0952 e. The zero-order chi connectivity index (χ0) is 15.5. The predicted molar refractivity (Wildman–Crippen MR) is 90.2 cm³/mol. The molecule has 1 N–H and O–H groups in total. The average molecular weight is 305 g/mol. The van der Waals surface area contributed by atoms with Crippen LogP contribution in [0.15, 0.2) is 6.33 Å². The van der Waals surface area contributed by atoms with E-state index in [0.717, 1.165) is 19.6 Å². The van der Waals surface area contributed by atoms with E-state index >= 15 is 0 Å². The predicted octanol–water partition coefficient (Wildman–Crippen LogP) is 0.986. The molecule has 5 heteroatoms. The summed E-state index contributed by atoms with van der Waals surface area (Å²) in [5.74, 6) is 0. The van der Waals surface area contributed by atoms with Crippen molar-refractivity contribution in [3.05, 3.63) is 17.7 Å². The second-order valence-electron chi connectivity index (χ2n) is 7.09. The maximum Gasteiger partial charge on any atom is 0.0952 e. The van der Waals surface area contributed by atoms with E-state index in [1.165, 1.54) is 50.2 Å². The van der Waals surface area contributed by atoms with Gasteiger partial charge in [-0.05, 0) is 46.7 Å². The molecule has 0 radical (unpaired) electrons. The van der Waals surface area contributed by atoms with E-state index < -0.39 is 0 Å². The zero-order valence-electron chi connectivity index (χ0n) is 14.4. The summed E-state index contributed by atoms with van der Waals surface area (Å²) in [4.78, 5) is 9.52. The first-order valence-corrected chi connectivity index (χ1v) is 8.80. The fourth-order valence-electron chi connectivity index (χ4n) is 3.86. The summed E-state index contributed by atoms with van der Waals surface area (Å²) in [6, 6.07) is 1.13. The number of nitrogens with one attached hydrogen (secondary N) is 1. The van der Waals surface area contributed by atoms with Crippen LogP contribution in [0.4, 0.5) is 0 Å². The largest absolute Gasteiger partial charge is 0.333 e. The normalized spacial score (nSPS) is 25.1. The minimum absolute atomic E-state index is 0.520. The van der Waals surface area contributed by atoms with Gasteiger partial charge in [-0.25, -0.2) is 4.98 Å². The van der Waals surface area contributed by atoms with Crippen molar-refractivity contribution >= 4 is 0 Å². The Morgan fingerprint density at radius 1 is 1.27 bits per heavy atom. The fourth-order valence-corrected chi connectivity index (χ4v) is 3.86. The minimum atomic E-state index is 0.520. The van der Waals surface area contributed by atoms with Crippen LogP contribution >= 0.6 is 0 Å². The number of imidazole rings is 1. The van der Waals surface area contributed by atoms with Gasteiger partial charge in [0, 0.05) is 50.5 Å². The highest BCUT2D eigenvalue weighted by Crippen LogP contribution is 2.19. The summed E-state index contributed by atoms with van der Waals surface area (Å²) in [6.45, 7) is 7.90. The van der Waals surface area contributed by atoms with Gasteiger partial charge in [-0.2, -0.15) is 0 Å². The molecule has 1 aliphatic heterocycles. The molecular weight excluding hydrogens is 274 g/mol. The van der Waals surface area contributed by atoms with Crippen molar-refractivity contribution in [3.8, 4) is 0 Å². The molecule has 1 aliphatic carbocycles. The van der Waals surface area contributed by atoms with Gasteiger partial charge < -0.3 is 14.8 Å².